The fourth-order valence-corrected chi connectivity index (χ4v) is 0.683. The van der Waals surface area contributed by atoms with Crippen molar-refractivity contribution in [1.29, 1.82) is 0 Å². The van der Waals surface area contributed by atoms with Crippen LogP contribution in [0, 0.1) is 0 Å². The van der Waals surface area contributed by atoms with Crippen molar-refractivity contribution in [3.05, 3.63) is 12.2 Å². The van der Waals surface area contributed by atoms with Crippen LogP contribution >= 0.6 is 0 Å². The molecule has 0 unspecified atom stereocenters. The summed E-state index contributed by atoms with van der Waals surface area (Å²) < 4.78 is 1.55. The minimum atomic E-state index is -0.530. The number of nitrogens with zero attached hydrogens (tertiary/aromatic N) is 3. The van der Waals surface area contributed by atoms with E-state index in [1.165, 1.54) is 6.33 Å². The second-order valence-electron chi connectivity index (χ2n) is 1.92. The summed E-state index contributed by atoms with van der Waals surface area (Å²) in [7, 11) is 1.75. The van der Waals surface area contributed by atoms with Crippen LogP contribution in [0.4, 0.5) is 0 Å². The van der Waals surface area contributed by atoms with Crippen LogP contribution in [-0.4, -0.2) is 19.9 Å². The van der Waals surface area contributed by atoms with Gasteiger partial charge in [-0.05, 0) is 6.92 Å². The van der Waals surface area contributed by atoms with Gasteiger partial charge in [0.1, 0.15) is 12.4 Å². The molecule has 0 amide bonds. The van der Waals surface area contributed by atoms with Crippen LogP contribution in [0.15, 0.2) is 6.33 Å². The Morgan fingerprint density at radius 2 is 2.44 bits per heavy atom. The van der Waals surface area contributed by atoms with Crippen molar-refractivity contribution in [2.24, 2.45) is 7.05 Å². The molecule has 0 saturated carbocycles. The Kier molecular flexibility index (Phi) is 1.48. The van der Waals surface area contributed by atoms with Gasteiger partial charge in [0.25, 0.3) is 0 Å². The second-order valence-corrected chi connectivity index (χ2v) is 1.92. The minimum Gasteiger partial charge on any atom is -0.385 e. The first kappa shape index (κ1) is 6.22. The van der Waals surface area contributed by atoms with E-state index in [4.69, 9.17) is 5.11 Å². The molecule has 1 N–H and O–H groups in total. The Labute approximate surface area is 53.1 Å². The van der Waals surface area contributed by atoms with Crippen LogP contribution in [-0.2, 0) is 7.05 Å². The summed E-state index contributed by atoms with van der Waals surface area (Å²) in [5.74, 6) is 0.593. The molecule has 0 fully saturated rings. The molecule has 0 aromatic carbocycles. The molecule has 0 radical (unpaired) electrons. The average Bonchev–Trinajstić information content (AvgIpc) is 2.13. The zero-order valence-corrected chi connectivity index (χ0v) is 5.44. The first-order chi connectivity index (χ1) is 4.22. The first-order valence-electron chi connectivity index (χ1n) is 2.74. The van der Waals surface area contributed by atoms with E-state index in [-0.39, 0.29) is 0 Å². The number of aryl methyl sites for hydroxylation is 1. The van der Waals surface area contributed by atoms with E-state index in [9.17, 15) is 0 Å². The van der Waals surface area contributed by atoms with E-state index < -0.39 is 6.10 Å². The molecule has 1 aromatic heterocycles. The molecule has 0 aliphatic rings. The van der Waals surface area contributed by atoms with Gasteiger partial charge in [-0.3, -0.25) is 4.68 Å². The maximum Gasteiger partial charge on any atom is 0.155 e. The van der Waals surface area contributed by atoms with E-state index in [2.05, 4.69) is 10.1 Å². The number of aliphatic hydroxyl groups excluding tert-OH is 1. The predicted molar refractivity (Wildman–Crippen MR) is 31.6 cm³/mol. The summed E-state index contributed by atoms with van der Waals surface area (Å²) in [6, 6.07) is 0. The summed E-state index contributed by atoms with van der Waals surface area (Å²) >= 11 is 0. The highest BCUT2D eigenvalue weighted by atomic mass is 16.3. The van der Waals surface area contributed by atoms with E-state index in [0.29, 0.717) is 5.82 Å². The number of aromatic nitrogens is 3. The molecule has 1 heterocycles. The molecule has 0 spiro atoms. The fraction of sp³-hybridized carbons (Fsp3) is 0.600. The lowest BCUT2D eigenvalue weighted by molar-refractivity contribution is 0.184. The van der Waals surface area contributed by atoms with Gasteiger partial charge in [0, 0.05) is 7.05 Å². The number of hydrogen-bond donors (Lipinski definition) is 1. The van der Waals surface area contributed by atoms with Crippen LogP contribution in [0.5, 0.6) is 0 Å². The van der Waals surface area contributed by atoms with Crippen molar-refractivity contribution >= 4 is 0 Å². The third kappa shape index (κ3) is 1.08. The van der Waals surface area contributed by atoms with Gasteiger partial charge >= 0.3 is 0 Å². The summed E-state index contributed by atoms with van der Waals surface area (Å²) in [6.45, 7) is 1.66. The van der Waals surface area contributed by atoms with Crippen molar-refractivity contribution in [2.75, 3.05) is 0 Å². The molecule has 0 aliphatic heterocycles. The predicted octanol–water partition coefficient (Wildman–Crippen LogP) is -0.132. The lowest BCUT2D eigenvalue weighted by Gasteiger charge is -1.99. The lowest BCUT2D eigenvalue weighted by Crippen LogP contribution is -2.02. The number of rotatable bonds is 1. The van der Waals surface area contributed by atoms with Crippen molar-refractivity contribution < 1.29 is 5.11 Å². The lowest BCUT2D eigenvalue weighted by atomic mass is 10.4. The zero-order valence-electron chi connectivity index (χ0n) is 5.44. The van der Waals surface area contributed by atoms with Crippen molar-refractivity contribution in [1.82, 2.24) is 14.8 Å². The maximum absolute atomic E-state index is 8.97. The standard InChI is InChI=1S/C5H9N3O/c1-4(9)5-6-3-7-8(5)2/h3-4,9H,1-2H3/t4-/m0/s1. The molecule has 1 atom stereocenters. The summed E-state index contributed by atoms with van der Waals surface area (Å²) in [6.07, 6.45) is 0.889. The highest BCUT2D eigenvalue weighted by Crippen LogP contribution is 2.03. The van der Waals surface area contributed by atoms with E-state index in [0.717, 1.165) is 0 Å². The minimum absolute atomic E-state index is 0.530. The van der Waals surface area contributed by atoms with Crippen LogP contribution in [0.3, 0.4) is 0 Å². The quantitative estimate of drug-likeness (QED) is 0.571. The van der Waals surface area contributed by atoms with Crippen LogP contribution < -0.4 is 0 Å². The van der Waals surface area contributed by atoms with Crippen molar-refractivity contribution in [3.63, 3.8) is 0 Å². The Morgan fingerprint density at radius 3 is 2.67 bits per heavy atom. The van der Waals surface area contributed by atoms with Gasteiger partial charge in [0.2, 0.25) is 0 Å². The molecule has 0 aliphatic carbocycles. The average molecular weight is 127 g/mol. The smallest absolute Gasteiger partial charge is 0.155 e. The van der Waals surface area contributed by atoms with Gasteiger partial charge in [-0.1, -0.05) is 0 Å². The molecule has 0 saturated heterocycles. The van der Waals surface area contributed by atoms with Gasteiger partial charge in [-0.2, -0.15) is 5.10 Å². The van der Waals surface area contributed by atoms with Crippen LogP contribution in [0.25, 0.3) is 0 Å². The SMILES string of the molecule is C[C@H](O)c1ncnn1C. The maximum atomic E-state index is 8.97. The third-order valence-electron chi connectivity index (χ3n) is 1.12. The molecule has 4 heteroatoms. The van der Waals surface area contributed by atoms with Gasteiger partial charge in [-0.25, -0.2) is 4.98 Å². The van der Waals surface area contributed by atoms with Crippen molar-refractivity contribution in [3.8, 4) is 0 Å². The summed E-state index contributed by atoms with van der Waals surface area (Å²) in [5.41, 5.74) is 0. The summed E-state index contributed by atoms with van der Waals surface area (Å²) in [4.78, 5) is 3.82. The third-order valence-corrected chi connectivity index (χ3v) is 1.12. The molecular formula is C5H9N3O. The Hall–Kier alpha value is -0.900. The highest BCUT2D eigenvalue weighted by molar-refractivity contribution is 4.86. The van der Waals surface area contributed by atoms with Crippen LogP contribution in [0.2, 0.25) is 0 Å². The van der Waals surface area contributed by atoms with Gasteiger partial charge in [0.15, 0.2) is 5.82 Å². The molecule has 1 rings (SSSR count). The highest BCUT2D eigenvalue weighted by Gasteiger charge is 2.04. The molecule has 9 heavy (non-hydrogen) atoms. The van der Waals surface area contributed by atoms with Gasteiger partial charge < -0.3 is 5.11 Å². The normalized spacial score (nSPS) is 13.7. The van der Waals surface area contributed by atoms with Crippen LogP contribution in [0.1, 0.15) is 18.9 Å². The number of hydrogen-bond acceptors (Lipinski definition) is 3. The van der Waals surface area contributed by atoms with E-state index >= 15 is 0 Å². The largest absolute Gasteiger partial charge is 0.385 e. The molecule has 1 aromatic rings. The van der Waals surface area contributed by atoms with Gasteiger partial charge in [-0.15, -0.1) is 0 Å². The summed E-state index contributed by atoms with van der Waals surface area (Å²) in [5, 5.41) is 12.8. The van der Waals surface area contributed by atoms with Gasteiger partial charge in [0.05, 0.1) is 0 Å². The monoisotopic (exact) mass is 127 g/mol. The first-order valence-corrected chi connectivity index (χ1v) is 2.74. The molecular weight excluding hydrogens is 118 g/mol. The second kappa shape index (κ2) is 2.14. The molecule has 50 valence electrons. The topological polar surface area (TPSA) is 50.9 Å². The Morgan fingerprint density at radius 1 is 1.78 bits per heavy atom. The number of aliphatic hydroxyl groups is 1. The molecule has 4 nitrogen and oxygen atoms in total. The Bertz CT molecular complexity index is 194. The fourth-order valence-electron chi connectivity index (χ4n) is 0.683. The zero-order chi connectivity index (χ0) is 6.85. The molecule has 0 bridgehead atoms. The van der Waals surface area contributed by atoms with E-state index in [1.54, 1.807) is 18.7 Å². The Balaban J connectivity index is 2.94. The van der Waals surface area contributed by atoms with Crippen molar-refractivity contribution in [2.45, 2.75) is 13.0 Å². The van der Waals surface area contributed by atoms with E-state index in [1.807, 2.05) is 0 Å².